The quantitative estimate of drug-likeness (QED) is 0.592. The van der Waals surface area contributed by atoms with E-state index in [1.54, 1.807) is 0 Å². The normalized spacial score (nSPS) is 47.3. The summed E-state index contributed by atoms with van der Waals surface area (Å²) in [5, 5.41) is 2.11. The van der Waals surface area contributed by atoms with Gasteiger partial charge in [0.15, 0.2) is 9.84 Å². The molecule has 5 nitrogen and oxygen atoms in total. The lowest BCUT2D eigenvalue weighted by Gasteiger charge is -2.49. The molecule has 0 unspecified atom stereocenters. The molecule has 2 heterocycles. The third kappa shape index (κ3) is 3.13. The molecule has 2 saturated carbocycles. The Morgan fingerprint density at radius 2 is 2.08 bits per heavy atom. The average Bonchev–Trinajstić information content (AvgIpc) is 2.98. The molecule has 0 bridgehead atoms. The average molecular weight is 383 g/mol. The van der Waals surface area contributed by atoms with Crippen LogP contribution in [0.1, 0.15) is 52.4 Å². The molecule has 2 aliphatic carbocycles. The van der Waals surface area contributed by atoms with Gasteiger partial charge in [-0.3, -0.25) is 4.79 Å². The molecule has 2 aliphatic heterocycles. The highest BCUT2D eigenvalue weighted by molar-refractivity contribution is 7.91. The molecule has 4 rings (SSSR count). The van der Waals surface area contributed by atoms with Crippen molar-refractivity contribution in [3.63, 3.8) is 0 Å². The number of hydrogen-bond donors (Lipinski definition) is 1. The Morgan fingerprint density at radius 1 is 1.31 bits per heavy atom. The highest BCUT2D eigenvalue weighted by Crippen LogP contribution is 2.56. The number of fused-ring (bicyclic) bond motifs is 2. The summed E-state index contributed by atoms with van der Waals surface area (Å²) in [5.41, 5.74) is 1.28. The molecule has 146 valence electrons. The van der Waals surface area contributed by atoms with E-state index in [0.29, 0.717) is 18.9 Å². The number of allylic oxidation sites excluding steroid dienone is 1. The van der Waals surface area contributed by atoms with E-state index < -0.39 is 9.84 Å². The highest BCUT2D eigenvalue weighted by Gasteiger charge is 2.56. The lowest BCUT2D eigenvalue weighted by molar-refractivity contribution is -0.722. The summed E-state index contributed by atoms with van der Waals surface area (Å²) >= 11 is 0. The summed E-state index contributed by atoms with van der Waals surface area (Å²) < 4.78 is 29.5. The molecule has 0 radical (unpaired) electrons. The molecule has 4 fully saturated rings. The second-order valence-electron chi connectivity index (χ2n) is 9.84. The summed E-state index contributed by atoms with van der Waals surface area (Å²) in [5.74, 6) is 1.05. The van der Waals surface area contributed by atoms with Crippen molar-refractivity contribution in [2.45, 2.75) is 64.0 Å². The van der Waals surface area contributed by atoms with Gasteiger partial charge in [-0.05, 0) is 50.4 Å². The Labute approximate surface area is 156 Å². The first-order valence-corrected chi connectivity index (χ1v) is 11.9. The number of rotatable bonds is 3. The second-order valence-corrected chi connectivity index (χ2v) is 12.0. The van der Waals surface area contributed by atoms with Gasteiger partial charge >= 0.3 is 5.97 Å². The Morgan fingerprint density at radius 3 is 2.77 bits per heavy atom. The molecule has 0 amide bonds. The van der Waals surface area contributed by atoms with Gasteiger partial charge < -0.3 is 10.1 Å². The van der Waals surface area contributed by atoms with E-state index in [4.69, 9.17) is 4.74 Å². The van der Waals surface area contributed by atoms with Crippen LogP contribution in [0.4, 0.5) is 0 Å². The van der Waals surface area contributed by atoms with Crippen LogP contribution in [0.5, 0.6) is 0 Å². The zero-order valence-corrected chi connectivity index (χ0v) is 16.8. The SMILES string of the molecule is C=C1CCC[C@@]2(C)C[C@H]3OC(=O)[C@@H](C[NH2+][C@]4(C)CCS(=O)(=O)C4)[C@@H]3C[C@@H]12. The minimum atomic E-state index is -2.93. The predicted octanol–water partition coefficient (Wildman–Crippen LogP) is 1.44. The van der Waals surface area contributed by atoms with Crippen LogP contribution in [0.15, 0.2) is 12.2 Å². The van der Waals surface area contributed by atoms with Crippen LogP contribution < -0.4 is 5.32 Å². The second kappa shape index (κ2) is 6.06. The van der Waals surface area contributed by atoms with Gasteiger partial charge in [-0.15, -0.1) is 0 Å². The van der Waals surface area contributed by atoms with Gasteiger partial charge in [0.05, 0.1) is 12.3 Å². The molecule has 0 aromatic rings. The van der Waals surface area contributed by atoms with Gasteiger partial charge in [0, 0.05) is 12.3 Å². The number of nitrogens with two attached hydrogens (primary N) is 1. The fourth-order valence-electron chi connectivity index (χ4n) is 6.13. The first-order valence-electron chi connectivity index (χ1n) is 10.0. The molecular weight excluding hydrogens is 350 g/mol. The number of ether oxygens (including phenoxy) is 1. The third-order valence-corrected chi connectivity index (χ3v) is 9.64. The highest BCUT2D eigenvalue weighted by atomic mass is 32.2. The topological polar surface area (TPSA) is 77.0 Å². The Kier molecular flexibility index (Phi) is 4.31. The molecule has 2 saturated heterocycles. The maximum Gasteiger partial charge on any atom is 0.315 e. The summed E-state index contributed by atoms with van der Waals surface area (Å²) in [6.45, 7) is 9.33. The standard InChI is InChI=1S/C20H31NO4S/c1-13-5-4-6-19(2)10-17-14(9-16(13)19)15(18(22)25-17)11-21-20(3)7-8-26(23,24)12-20/h14-17,21H,1,4-12H2,2-3H3/p+1/t14-,15-,16-,17+,19-,20+/m0/s1. The van der Waals surface area contributed by atoms with Gasteiger partial charge in [-0.1, -0.05) is 19.1 Å². The first-order chi connectivity index (χ1) is 12.1. The van der Waals surface area contributed by atoms with Crippen LogP contribution >= 0.6 is 0 Å². The third-order valence-electron chi connectivity index (χ3n) is 7.72. The molecule has 0 spiro atoms. The van der Waals surface area contributed by atoms with Crippen LogP contribution in [-0.2, 0) is 19.4 Å². The van der Waals surface area contributed by atoms with Crippen molar-refractivity contribution in [2.24, 2.45) is 23.2 Å². The van der Waals surface area contributed by atoms with Gasteiger partial charge in [0.25, 0.3) is 0 Å². The van der Waals surface area contributed by atoms with E-state index >= 15 is 0 Å². The van der Waals surface area contributed by atoms with Crippen LogP contribution in [0.2, 0.25) is 0 Å². The minimum Gasteiger partial charge on any atom is -0.462 e. The summed E-state index contributed by atoms with van der Waals surface area (Å²) in [4.78, 5) is 12.6. The van der Waals surface area contributed by atoms with E-state index in [9.17, 15) is 13.2 Å². The smallest absolute Gasteiger partial charge is 0.315 e. The lowest BCUT2D eigenvalue weighted by atomic mass is 9.55. The Balaban J connectivity index is 1.47. The van der Waals surface area contributed by atoms with Crippen LogP contribution in [0, 0.1) is 23.2 Å². The molecule has 6 atom stereocenters. The molecule has 2 N–H and O–H groups in total. The maximum absolute atomic E-state index is 12.6. The molecule has 0 aromatic carbocycles. The minimum absolute atomic E-state index is 0.0353. The van der Waals surface area contributed by atoms with Crippen LogP contribution in [0.3, 0.4) is 0 Å². The number of carbonyl (C=O) groups is 1. The number of carbonyl (C=O) groups excluding carboxylic acids is 1. The largest absolute Gasteiger partial charge is 0.462 e. The molecule has 26 heavy (non-hydrogen) atoms. The van der Waals surface area contributed by atoms with Crippen molar-refractivity contribution >= 4 is 15.8 Å². The van der Waals surface area contributed by atoms with Crippen molar-refractivity contribution in [1.82, 2.24) is 0 Å². The number of sulfone groups is 1. The number of esters is 1. The number of quaternary nitrogens is 1. The fourth-order valence-corrected chi connectivity index (χ4v) is 8.32. The molecule has 6 heteroatoms. The van der Waals surface area contributed by atoms with Crippen molar-refractivity contribution < 1.29 is 23.3 Å². The molecular formula is C20H32NO4S+. The first kappa shape index (κ1) is 18.5. The van der Waals surface area contributed by atoms with Gasteiger partial charge in [-0.25, -0.2) is 8.42 Å². The fraction of sp³-hybridized carbons (Fsp3) is 0.850. The Hall–Kier alpha value is -0.880. The summed E-state index contributed by atoms with van der Waals surface area (Å²) in [7, 11) is -2.93. The van der Waals surface area contributed by atoms with Crippen molar-refractivity contribution in [1.29, 1.82) is 0 Å². The van der Waals surface area contributed by atoms with Gasteiger partial charge in [0.2, 0.25) is 0 Å². The van der Waals surface area contributed by atoms with Crippen LogP contribution in [0.25, 0.3) is 0 Å². The van der Waals surface area contributed by atoms with Crippen molar-refractivity contribution in [3.8, 4) is 0 Å². The number of hydrogen-bond acceptors (Lipinski definition) is 4. The zero-order chi connectivity index (χ0) is 18.7. The molecule has 4 aliphatic rings. The van der Waals surface area contributed by atoms with Crippen LogP contribution in [-0.4, -0.2) is 44.1 Å². The van der Waals surface area contributed by atoms with E-state index in [1.807, 2.05) is 6.92 Å². The van der Waals surface area contributed by atoms with Gasteiger partial charge in [0.1, 0.15) is 23.3 Å². The summed E-state index contributed by atoms with van der Waals surface area (Å²) in [6, 6.07) is 0. The molecule has 0 aromatic heterocycles. The van der Waals surface area contributed by atoms with E-state index in [2.05, 4.69) is 18.8 Å². The van der Waals surface area contributed by atoms with Crippen molar-refractivity contribution in [2.75, 3.05) is 18.1 Å². The van der Waals surface area contributed by atoms with E-state index in [-0.39, 0.29) is 46.4 Å². The zero-order valence-electron chi connectivity index (χ0n) is 16.0. The van der Waals surface area contributed by atoms with Crippen molar-refractivity contribution in [3.05, 3.63) is 12.2 Å². The van der Waals surface area contributed by atoms with E-state index in [0.717, 1.165) is 19.3 Å². The maximum atomic E-state index is 12.6. The summed E-state index contributed by atoms with van der Waals surface area (Å²) in [6.07, 6.45) is 6.16. The monoisotopic (exact) mass is 382 g/mol. The van der Waals surface area contributed by atoms with E-state index in [1.165, 1.54) is 18.4 Å². The Bertz CT molecular complexity index is 732. The van der Waals surface area contributed by atoms with Gasteiger partial charge in [-0.2, -0.15) is 0 Å². The predicted molar refractivity (Wildman–Crippen MR) is 99.2 cm³/mol. The lowest BCUT2D eigenvalue weighted by Crippen LogP contribution is -2.97.